The summed E-state index contributed by atoms with van der Waals surface area (Å²) in [5, 5.41) is 2.63. The van der Waals surface area contributed by atoms with Gasteiger partial charge >= 0.3 is 0 Å². The quantitative estimate of drug-likeness (QED) is 0.574. The first-order valence-corrected chi connectivity index (χ1v) is 3.66. The maximum atomic E-state index is 5.72. The molecule has 2 aromatic heterocycles. The largest absolute Gasteiger partial charge is 0.236 e. The molecule has 0 unspecified atom stereocenters. The molecule has 2 nitrogen and oxygen atoms in total. The van der Waals surface area contributed by atoms with Gasteiger partial charge in [0.15, 0.2) is 0 Å². The Bertz CT molecular complexity index is 324. The highest BCUT2D eigenvalue weighted by Crippen LogP contribution is 2.15. The van der Waals surface area contributed by atoms with E-state index in [0.29, 0.717) is 5.15 Å². The lowest BCUT2D eigenvalue weighted by Gasteiger charge is -1.78. The summed E-state index contributed by atoms with van der Waals surface area (Å²) in [6.45, 7) is 0. The molecule has 0 aliphatic rings. The molecule has 9 heavy (non-hydrogen) atoms. The van der Waals surface area contributed by atoms with Gasteiger partial charge < -0.3 is 0 Å². The fourth-order valence-electron chi connectivity index (χ4n) is 0.701. The third-order valence-corrected chi connectivity index (χ3v) is 2.31. The van der Waals surface area contributed by atoms with E-state index >= 15 is 0 Å². The van der Waals surface area contributed by atoms with Gasteiger partial charge in [-0.1, -0.05) is 23.1 Å². The van der Waals surface area contributed by atoms with E-state index in [1.54, 1.807) is 17.7 Å². The lowest BCUT2D eigenvalue weighted by Crippen LogP contribution is -1.67. The van der Waals surface area contributed by atoms with Gasteiger partial charge in [-0.15, -0.1) is 0 Å². The van der Waals surface area contributed by atoms with Gasteiger partial charge in [0.25, 0.3) is 0 Å². The second-order valence-corrected chi connectivity index (χ2v) is 2.88. The molecule has 2 rings (SSSR count). The summed E-state index contributed by atoms with van der Waals surface area (Å²) in [5.74, 6) is 0. The maximum absolute atomic E-state index is 5.72. The summed E-state index contributed by atoms with van der Waals surface area (Å²) in [6.07, 6.45) is 1.65. The number of halogens is 1. The number of imidazole rings is 1. The Kier molecular flexibility index (Phi) is 1.00. The summed E-state index contributed by atoms with van der Waals surface area (Å²) in [4.78, 5) is 4.02. The Morgan fingerprint density at radius 1 is 1.67 bits per heavy atom. The van der Waals surface area contributed by atoms with Crippen LogP contribution in [0, 0.1) is 0 Å². The summed E-state index contributed by atoms with van der Waals surface area (Å²) >= 11 is 7.27. The van der Waals surface area contributed by atoms with Crippen LogP contribution in [0.1, 0.15) is 0 Å². The first kappa shape index (κ1) is 5.26. The van der Waals surface area contributed by atoms with E-state index in [1.165, 1.54) is 0 Å². The topological polar surface area (TPSA) is 17.3 Å². The molecule has 0 bridgehead atoms. The van der Waals surface area contributed by atoms with E-state index in [4.69, 9.17) is 11.6 Å². The van der Waals surface area contributed by atoms with Crippen LogP contribution in [0.3, 0.4) is 0 Å². The van der Waals surface area contributed by atoms with Gasteiger partial charge in [0.05, 0.1) is 6.20 Å². The Morgan fingerprint density at radius 2 is 2.56 bits per heavy atom. The van der Waals surface area contributed by atoms with Crippen molar-refractivity contribution in [1.29, 1.82) is 0 Å². The van der Waals surface area contributed by atoms with Gasteiger partial charge in [0, 0.05) is 5.38 Å². The number of hydrogen-bond donors (Lipinski definition) is 0. The van der Waals surface area contributed by atoms with Crippen molar-refractivity contribution >= 4 is 28.8 Å². The lowest BCUT2D eigenvalue weighted by atomic mass is 10.7. The maximum Gasteiger partial charge on any atom is 0.148 e. The Balaban J connectivity index is 2.99. The highest BCUT2D eigenvalue weighted by atomic mass is 35.5. The number of fused-ring (bicyclic) bond motifs is 1. The van der Waals surface area contributed by atoms with Crippen molar-refractivity contribution in [3.63, 3.8) is 0 Å². The summed E-state index contributed by atoms with van der Waals surface area (Å²) in [5.41, 5.74) is 0.921. The Morgan fingerprint density at radius 3 is 3.33 bits per heavy atom. The van der Waals surface area contributed by atoms with Crippen LogP contribution in [-0.4, -0.2) is 8.77 Å². The summed E-state index contributed by atoms with van der Waals surface area (Å²) in [6, 6.07) is 1.93. The average Bonchev–Trinajstić information content (AvgIpc) is 2.35. The summed E-state index contributed by atoms with van der Waals surface area (Å²) < 4.78 is 1.86. The van der Waals surface area contributed by atoms with Gasteiger partial charge in [-0.3, -0.25) is 0 Å². The molecular formula is C5H3ClN2S. The van der Waals surface area contributed by atoms with Crippen LogP contribution in [0.4, 0.5) is 0 Å². The average molecular weight is 159 g/mol. The normalized spacial score (nSPS) is 10.8. The Labute approximate surface area is 60.9 Å². The van der Waals surface area contributed by atoms with E-state index in [-0.39, 0.29) is 0 Å². The molecular weight excluding hydrogens is 156 g/mol. The first-order valence-electron chi connectivity index (χ1n) is 2.45. The zero-order valence-corrected chi connectivity index (χ0v) is 5.99. The molecule has 2 heterocycles. The molecule has 4 heteroatoms. The van der Waals surface area contributed by atoms with Crippen LogP contribution >= 0.6 is 23.1 Å². The van der Waals surface area contributed by atoms with Crippen LogP contribution in [0.2, 0.25) is 5.15 Å². The molecule has 0 aliphatic carbocycles. The zero-order valence-electron chi connectivity index (χ0n) is 4.41. The van der Waals surface area contributed by atoms with Crippen LogP contribution in [0.5, 0.6) is 0 Å². The second kappa shape index (κ2) is 1.72. The van der Waals surface area contributed by atoms with Crippen molar-refractivity contribution in [2.24, 2.45) is 0 Å². The minimum atomic E-state index is 0.681. The SMILES string of the molecule is Clc1cnc2ccsn12. The van der Waals surface area contributed by atoms with Gasteiger partial charge in [0.1, 0.15) is 10.8 Å². The van der Waals surface area contributed by atoms with Crippen LogP contribution in [0.15, 0.2) is 17.6 Å². The molecule has 0 spiro atoms. The smallest absolute Gasteiger partial charge is 0.148 e. The van der Waals surface area contributed by atoms with E-state index in [9.17, 15) is 0 Å². The van der Waals surface area contributed by atoms with Gasteiger partial charge in [0.2, 0.25) is 0 Å². The van der Waals surface area contributed by atoms with Crippen LogP contribution in [-0.2, 0) is 0 Å². The summed E-state index contributed by atoms with van der Waals surface area (Å²) in [7, 11) is 0. The third-order valence-electron chi connectivity index (χ3n) is 1.09. The van der Waals surface area contributed by atoms with Crippen molar-refractivity contribution in [2.45, 2.75) is 0 Å². The fraction of sp³-hybridized carbons (Fsp3) is 0. The van der Waals surface area contributed by atoms with Crippen molar-refractivity contribution in [1.82, 2.24) is 8.77 Å². The standard InChI is InChI=1S/C5H3ClN2S/c6-4-3-7-5-1-2-9-8(4)5/h1-3H. The number of nitrogens with zero attached hydrogens (tertiary/aromatic N) is 2. The van der Waals surface area contributed by atoms with Crippen molar-refractivity contribution in [3.05, 3.63) is 22.8 Å². The van der Waals surface area contributed by atoms with E-state index in [1.807, 2.05) is 15.2 Å². The van der Waals surface area contributed by atoms with Crippen molar-refractivity contribution in [2.75, 3.05) is 0 Å². The first-order chi connectivity index (χ1) is 4.38. The second-order valence-electron chi connectivity index (χ2n) is 1.64. The zero-order chi connectivity index (χ0) is 6.27. The Hall–Kier alpha value is -0.540. The van der Waals surface area contributed by atoms with E-state index in [0.717, 1.165) is 5.65 Å². The molecule has 0 radical (unpaired) electrons. The van der Waals surface area contributed by atoms with Gasteiger partial charge in [-0.05, 0) is 6.07 Å². The third kappa shape index (κ3) is 0.653. The molecule has 46 valence electrons. The van der Waals surface area contributed by atoms with Crippen molar-refractivity contribution < 1.29 is 0 Å². The number of rotatable bonds is 0. The number of aromatic nitrogens is 2. The molecule has 0 aromatic carbocycles. The predicted octanol–water partition coefficient (Wildman–Crippen LogP) is 2.05. The molecule has 0 N–H and O–H groups in total. The fourth-order valence-corrected chi connectivity index (χ4v) is 1.62. The van der Waals surface area contributed by atoms with Gasteiger partial charge in [-0.25, -0.2) is 8.77 Å². The molecule has 0 fully saturated rings. The molecule has 0 atom stereocenters. The number of hydrogen-bond acceptors (Lipinski definition) is 2. The molecule has 0 aliphatic heterocycles. The van der Waals surface area contributed by atoms with Gasteiger partial charge in [-0.2, -0.15) is 0 Å². The van der Waals surface area contributed by atoms with Crippen molar-refractivity contribution in [3.8, 4) is 0 Å². The molecule has 0 saturated heterocycles. The van der Waals surface area contributed by atoms with Crippen LogP contribution in [0.25, 0.3) is 5.65 Å². The van der Waals surface area contributed by atoms with Crippen LogP contribution < -0.4 is 0 Å². The van der Waals surface area contributed by atoms with E-state index < -0.39 is 0 Å². The molecule has 0 amide bonds. The lowest BCUT2D eigenvalue weighted by molar-refractivity contribution is 1.37. The monoisotopic (exact) mass is 158 g/mol. The highest BCUT2D eigenvalue weighted by molar-refractivity contribution is 7.04. The molecule has 2 aromatic rings. The molecule has 0 saturated carbocycles. The minimum Gasteiger partial charge on any atom is -0.236 e. The van der Waals surface area contributed by atoms with E-state index in [2.05, 4.69) is 4.98 Å². The highest BCUT2D eigenvalue weighted by Gasteiger charge is 1.97. The predicted molar refractivity (Wildman–Crippen MR) is 38.1 cm³/mol. The minimum absolute atomic E-state index is 0.681.